The first kappa shape index (κ1) is 15.2. The summed E-state index contributed by atoms with van der Waals surface area (Å²) >= 11 is 0. The van der Waals surface area contributed by atoms with Gasteiger partial charge in [0.25, 0.3) is 0 Å². The number of anilines is 1. The quantitative estimate of drug-likeness (QED) is 0.850. The first-order valence-corrected chi connectivity index (χ1v) is 7.23. The zero-order chi connectivity index (χ0) is 15.2. The molecule has 0 spiro atoms. The average molecular weight is 285 g/mol. The lowest BCUT2D eigenvalue weighted by molar-refractivity contribution is -0.117. The molecule has 0 saturated carbocycles. The fourth-order valence-corrected chi connectivity index (χ4v) is 2.37. The Labute approximate surface area is 125 Å². The van der Waals surface area contributed by atoms with Gasteiger partial charge in [0.15, 0.2) is 0 Å². The van der Waals surface area contributed by atoms with E-state index in [2.05, 4.69) is 12.2 Å². The second-order valence-electron chi connectivity index (χ2n) is 5.20. The van der Waals surface area contributed by atoms with Crippen molar-refractivity contribution in [3.8, 4) is 0 Å². The van der Waals surface area contributed by atoms with Gasteiger partial charge in [0.05, 0.1) is 5.92 Å². The number of hydrogen-bond donors (Lipinski definition) is 1. The highest BCUT2D eigenvalue weighted by Gasteiger charge is 2.20. The zero-order valence-corrected chi connectivity index (χ0v) is 12.4. The van der Waals surface area contributed by atoms with E-state index in [1.54, 1.807) is 6.07 Å². The molecule has 0 aromatic heterocycles. The molecule has 0 heterocycles. The van der Waals surface area contributed by atoms with Gasteiger partial charge in [0.1, 0.15) is 5.82 Å². The third-order valence-electron chi connectivity index (χ3n) is 3.55. The van der Waals surface area contributed by atoms with Gasteiger partial charge in [-0.15, -0.1) is 0 Å². The summed E-state index contributed by atoms with van der Waals surface area (Å²) in [6.07, 6.45) is 1.68. The van der Waals surface area contributed by atoms with Gasteiger partial charge in [-0.25, -0.2) is 4.39 Å². The summed E-state index contributed by atoms with van der Waals surface area (Å²) in [5, 5.41) is 2.86. The molecule has 0 aliphatic carbocycles. The number of carbonyl (C=O) groups is 1. The van der Waals surface area contributed by atoms with Crippen molar-refractivity contribution in [3.63, 3.8) is 0 Å². The Morgan fingerprint density at radius 3 is 2.57 bits per heavy atom. The van der Waals surface area contributed by atoms with Crippen LogP contribution in [-0.4, -0.2) is 5.91 Å². The average Bonchev–Trinajstić information content (AvgIpc) is 2.49. The highest BCUT2D eigenvalue weighted by molar-refractivity contribution is 5.96. The predicted octanol–water partition coefficient (Wildman–Crippen LogP) is 4.66. The van der Waals surface area contributed by atoms with E-state index >= 15 is 0 Å². The Bertz CT molecular complexity index is 610. The van der Waals surface area contributed by atoms with Crippen LogP contribution in [0.15, 0.2) is 48.5 Å². The maximum absolute atomic E-state index is 13.3. The molecule has 0 saturated heterocycles. The van der Waals surface area contributed by atoms with Crippen LogP contribution in [-0.2, 0) is 4.79 Å². The highest BCUT2D eigenvalue weighted by Crippen LogP contribution is 2.24. The van der Waals surface area contributed by atoms with Crippen LogP contribution in [0.5, 0.6) is 0 Å². The van der Waals surface area contributed by atoms with Crippen LogP contribution in [0.3, 0.4) is 0 Å². The van der Waals surface area contributed by atoms with Crippen molar-refractivity contribution in [2.24, 2.45) is 0 Å². The van der Waals surface area contributed by atoms with Gasteiger partial charge in [0, 0.05) is 5.69 Å². The normalized spacial score (nSPS) is 12.0. The minimum atomic E-state index is -0.345. The van der Waals surface area contributed by atoms with Crippen LogP contribution >= 0.6 is 0 Å². The molecular weight excluding hydrogens is 265 g/mol. The number of aryl methyl sites for hydroxylation is 1. The summed E-state index contributed by atoms with van der Waals surface area (Å²) in [4.78, 5) is 12.5. The molecule has 110 valence electrons. The minimum Gasteiger partial charge on any atom is -0.325 e. The Morgan fingerprint density at radius 1 is 1.19 bits per heavy atom. The largest absolute Gasteiger partial charge is 0.325 e. The topological polar surface area (TPSA) is 29.1 Å². The summed E-state index contributed by atoms with van der Waals surface area (Å²) in [5.74, 6) is -0.640. The summed E-state index contributed by atoms with van der Waals surface area (Å²) in [6.45, 7) is 3.91. The summed E-state index contributed by atoms with van der Waals surface area (Å²) in [6, 6.07) is 14.1. The fraction of sp³-hybridized carbons (Fsp3) is 0.278. The Balaban J connectivity index is 2.21. The lowest BCUT2D eigenvalue weighted by atomic mass is 9.93. The molecule has 0 unspecified atom stereocenters. The number of benzene rings is 2. The van der Waals surface area contributed by atoms with E-state index in [9.17, 15) is 9.18 Å². The van der Waals surface area contributed by atoms with Crippen molar-refractivity contribution in [1.29, 1.82) is 0 Å². The molecule has 21 heavy (non-hydrogen) atoms. The van der Waals surface area contributed by atoms with Crippen molar-refractivity contribution in [1.82, 2.24) is 0 Å². The number of amides is 1. The van der Waals surface area contributed by atoms with Gasteiger partial charge < -0.3 is 5.32 Å². The van der Waals surface area contributed by atoms with Crippen LogP contribution in [0.4, 0.5) is 10.1 Å². The van der Waals surface area contributed by atoms with E-state index < -0.39 is 0 Å². The first-order valence-electron chi connectivity index (χ1n) is 7.23. The van der Waals surface area contributed by atoms with E-state index in [-0.39, 0.29) is 17.6 Å². The zero-order valence-electron chi connectivity index (χ0n) is 12.4. The molecule has 1 N–H and O–H groups in total. The van der Waals surface area contributed by atoms with Gasteiger partial charge in [-0.3, -0.25) is 4.79 Å². The van der Waals surface area contributed by atoms with Gasteiger partial charge in [-0.1, -0.05) is 49.7 Å². The van der Waals surface area contributed by atoms with E-state index in [1.807, 2.05) is 37.3 Å². The van der Waals surface area contributed by atoms with E-state index in [4.69, 9.17) is 0 Å². The second-order valence-corrected chi connectivity index (χ2v) is 5.20. The maximum atomic E-state index is 13.3. The molecule has 0 fully saturated rings. The predicted molar refractivity (Wildman–Crippen MR) is 83.9 cm³/mol. The minimum absolute atomic E-state index is 0.0863. The van der Waals surface area contributed by atoms with E-state index in [0.717, 1.165) is 24.0 Å². The third-order valence-corrected chi connectivity index (χ3v) is 3.55. The molecule has 3 heteroatoms. The van der Waals surface area contributed by atoms with Crippen LogP contribution in [0.25, 0.3) is 0 Å². The van der Waals surface area contributed by atoms with Crippen molar-refractivity contribution >= 4 is 11.6 Å². The molecule has 2 nitrogen and oxygen atoms in total. The Kier molecular flexibility index (Phi) is 5.09. The number of halogens is 1. The molecule has 0 bridgehead atoms. The SMILES string of the molecule is CCC[C@H](C(=O)Nc1cc(F)ccc1C)c1ccccc1. The van der Waals surface area contributed by atoms with Crippen LogP contribution in [0.2, 0.25) is 0 Å². The number of rotatable bonds is 5. The monoisotopic (exact) mass is 285 g/mol. The number of nitrogens with one attached hydrogen (secondary N) is 1. The lowest BCUT2D eigenvalue weighted by Crippen LogP contribution is -2.21. The van der Waals surface area contributed by atoms with Crippen LogP contribution < -0.4 is 5.32 Å². The third kappa shape index (κ3) is 3.91. The molecule has 1 atom stereocenters. The second kappa shape index (κ2) is 7.02. The summed E-state index contributed by atoms with van der Waals surface area (Å²) in [5.41, 5.74) is 2.39. The summed E-state index contributed by atoms with van der Waals surface area (Å²) in [7, 11) is 0. The van der Waals surface area contributed by atoms with E-state index in [0.29, 0.717) is 5.69 Å². The summed E-state index contributed by atoms with van der Waals surface area (Å²) < 4.78 is 13.3. The van der Waals surface area contributed by atoms with Crippen molar-refractivity contribution in [2.45, 2.75) is 32.6 Å². The van der Waals surface area contributed by atoms with Gasteiger partial charge in [-0.05, 0) is 36.6 Å². The van der Waals surface area contributed by atoms with Crippen molar-refractivity contribution < 1.29 is 9.18 Å². The molecule has 2 aromatic rings. The smallest absolute Gasteiger partial charge is 0.231 e. The molecule has 2 aromatic carbocycles. The molecule has 0 aliphatic heterocycles. The molecule has 0 radical (unpaired) electrons. The maximum Gasteiger partial charge on any atom is 0.231 e. The molecule has 1 amide bonds. The van der Waals surface area contributed by atoms with Gasteiger partial charge >= 0.3 is 0 Å². The molecule has 0 aliphatic rings. The standard InChI is InChI=1S/C18H20FNO/c1-3-7-16(14-8-5-4-6-9-14)18(21)20-17-12-15(19)11-10-13(17)2/h4-6,8-12,16H,3,7H2,1-2H3,(H,20,21)/t16-/m0/s1. The van der Waals surface area contributed by atoms with Gasteiger partial charge in [0.2, 0.25) is 5.91 Å². The van der Waals surface area contributed by atoms with Crippen molar-refractivity contribution in [2.75, 3.05) is 5.32 Å². The number of hydrogen-bond acceptors (Lipinski definition) is 1. The Hall–Kier alpha value is -2.16. The fourth-order valence-electron chi connectivity index (χ4n) is 2.37. The molecule has 2 rings (SSSR count). The van der Waals surface area contributed by atoms with Crippen LogP contribution in [0.1, 0.15) is 36.8 Å². The lowest BCUT2D eigenvalue weighted by Gasteiger charge is -2.17. The molecular formula is C18H20FNO. The van der Waals surface area contributed by atoms with E-state index in [1.165, 1.54) is 12.1 Å². The highest BCUT2D eigenvalue weighted by atomic mass is 19.1. The number of carbonyl (C=O) groups excluding carboxylic acids is 1. The Morgan fingerprint density at radius 2 is 1.90 bits per heavy atom. The first-order chi connectivity index (χ1) is 10.1. The van der Waals surface area contributed by atoms with Crippen molar-refractivity contribution in [3.05, 3.63) is 65.5 Å². The van der Waals surface area contributed by atoms with Gasteiger partial charge in [-0.2, -0.15) is 0 Å². The van der Waals surface area contributed by atoms with Crippen LogP contribution in [0, 0.1) is 12.7 Å².